The number of guanidine groups is 1. The number of benzene rings is 1. The van der Waals surface area contributed by atoms with Crippen LogP contribution in [0.3, 0.4) is 0 Å². The molecule has 10 heteroatoms. The van der Waals surface area contributed by atoms with Gasteiger partial charge in [-0.2, -0.15) is 0 Å². The molecule has 10 nitrogen and oxygen atoms in total. The lowest BCUT2D eigenvalue weighted by molar-refractivity contribution is -0.141. The van der Waals surface area contributed by atoms with Crippen molar-refractivity contribution in [2.45, 2.75) is 78.0 Å². The number of ether oxygens (including phenoxy) is 3. The monoisotopic (exact) mass is 478 g/mol. The Balaban J connectivity index is 2.70. The van der Waals surface area contributed by atoms with Gasteiger partial charge in [0, 0.05) is 12.2 Å². The van der Waals surface area contributed by atoms with Crippen LogP contribution in [0.15, 0.2) is 35.3 Å². The quantitative estimate of drug-likeness (QED) is 0.168. The molecule has 0 aliphatic heterocycles. The number of rotatable bonds is 8. The van der Waals surface area contributed by atoms with E-state index in [0.717, 1.165) is 5.69 Å². The molecule has 0 fully saturated rings. The van der Waals surface area contributed by atoms with Crippen molar-refractivity contribution in [1.82, 2.24) is 10.6 Å². The Labute approximate surface area is 201 Å². The van der Waals surface area contributed by atoms with Gasteiger partial charge in [-0.15, -0.1) is 0 Å². The van der Waals surface area contributed by atoms with E-state index < -0.39 is 29.4 Å². The Morgan fingerprint density at radius 2 is 1.41 bits per heavy atom. The number of aliphatic imine (C=N–C) groups is 1. The van der Waals surface area contributed by atoms with Crippen molar-refractivity contribution in [3.8, 4) is 0 Å². The lowest BCUT2D eigenvalue weighted by Gasteiger charge is -2.22. The number of hydrogen-bond donors (Lipinski definition) is 3. The summed E-state index contributed by atoms with van der Waals surface area (Å²) in [5, 5.41) is 8.05. The van der Waals surface area contributed by atoms with Gasteiger partial charge in [0.05, 0.1) is 7.11 Å². The van der Waals surface area contributed by atoms with Crippen LogP contribution in [0.4, 0.5) is 15.3 Å². The number of carbonyl (C=O) groups excluding carboxylic acids is 3. The first-order valence-corrected chi connectivity index (χ1v) is 11.2. The zero-order valence-electron chi connectivity index (χ0n) is 21.2. The summed E-state index contributed by atoms with van der Waals surface area (Å²) >= 11 is 0. The number of unbranched alkanes of at least 4 members (excludes halogenated alkanes) is 1. The summed E-state index contributed by atoms with van der Waals surface area (Å²) in [4.78, 5) is 40.6. The van der Waals surface area contributed by atoms with Crippen LogP contribution in [0.25, 0.3) is 0 Å². The van der Waals surface area contributed by atoms with E-state index in [1.807, 2.05) is 30.3 Å². The van der Waals surface area contributed by atoms with Gasteiger partial charge in [-0.3, -0.25) is 15.6 Å². The standard InChI is InChI=1S/C24H38N4O6/c1-23(2,3)33-21(30)27-20(28-22(31)34-24(4,5)6)25-16-12-11-15-18(19(29)32-7)26-17-13-9-8-10-14-17/h8-10,13-14,18,26H,11-12,15-16H2,1-7H3,(H2,25,27,28,30,31)/t18-/m0/s1. The molecule has 1 aromatic carbocycles. The van der Waals surface area contributed by atoms with E-state index in [1.54, 1.807) is 41.5 Å². The average molecular weight is 479 g/mol. The molecule has 0 aromatic heterocycles. The third-order valence-corrected chi connectivity index (χ3v) is 4.01. The Hall–Kier alpha value is -3.30. The van der Waals surface area contributed by atoms with Crippen LogP contribution in [-0.4, -0.2) is 55.0 Å². The number of para-hydroxylation sites is 1. The minimum absolute atomic E-state index is 0.0737. The first kappa shape index (κ1) is 28.7. The SMILES string of the molecule is COC(=O)[C@H](CCCCN=C(NC(=O)OC(C)(C)C)NC(=O)OC(C)(C)C)Nc1ccccc1. The number of anilines is 1. The van der Waals surface area contributed by atoms with Gasteiger partial charge < -0.3 is 19.5 Å². The average Bonchev–Trinajstić information content (AvgIpc) is 2.69. The van der Waals surface area contributed by atoms with Crippen LogP contribution in [0.2, 0.25) is 0 Å². The lowest BCUT2D eigenvalue weighted by atomic mass is 10.1. The minimum atomic E-state index is -0.750. The Morgan fingerprint density at radius 1 is 0.882 bits per heavy atom. The summed E-state index contributed by atoms with van der Waals surface area (Å²) < 4.78 is 15.3. The number of methoxy groups -OCH3 is 1. The highest BCUT2D eigenvalue weighted by atomic mass is 16.6. The molecule has 0 bridgehead atoms. The van der Waals surface area contributed by atoms with E-state index in [4.69, 9.17) is 14.2 Å². The summed E-state index contributed by atoms with van der Waals surface area (Å²) in [7, 11) is 1.35. The van der Waals surface area contributed by atoms with Crippen molar-refractivity contribution >= 4 is 29.8 Å². The third-order valence-electron chi connectivity index (χ3n) is 4.01. The second-order valence-electron chi connectivity index (χ2n) is 9.57. The first-order valence-electron chi connectivity index (χ1n) is 11.2. The second-order valence-corrected chi connectivity index (χ2v) is 9.57. The van der Waals surface area contributed by atoms with Crippen LogP contribution >= 0.6 is 0 Å². The number of amides is 2. The van der Waals surface area contributed by atoms with Crippen molar-refractivity contribution in [1.29, 1.82) is 0 Å². The van der Waals surface area contributed by atoms with E-state index in [0.29, 0.717) is 25.8 Å². The molecule has 0 saturated carbocycles. The molecule has 34 heavy (non-hydrogen) atoms. The Kier molecular flexibility index (Phi) is 11.3. The largest absolute Gasteiger partial charge is 0.467 e. The predicted molar refractivity (Wildman–Crippen MR) is 131 cm³/mol. The van der Waals surface area contributed by atoms with Gasteiger partial charge >= 0.3 is 18.2 Å². The van der Waals surface area contributed by atoms with E-state index in [2.05, 4.69) is 20.9 Å². The zero-order valence-corrected chi connectivity index (χ0v) is 21.2. The molecule has 0 saturated heterocycles. The molecule has 1 rings (SSSR count). The van der Waals surface area contributed by atoms with Crippen molar-refractivity contribution in [3.63, 3.8) is 0 Å². The van der Waals surface area contributed by atoms with Crippen LogP contribution in [-0.2, 0) is 19.0 Å². The maximum atomic E-state index is 12.1. The maximum Gasteiger partial charge on any atom is 0.414 e. The van der Waals surface area contributed by atoms with E-state index in [-0.39, 0.29) is 11.9 Å². The van der Waals surface area contributed by atoms with Gasteiger partial charge in [-0.25, -0.2) is 14.4 Å². The van der Waals surface area contributed by atoms with Crippen LogP contribution in [0.5, 0.6) is 0 Å². The predicted octanol–water partition coefficient (Wildman–Crippen LogP) is 4.22. The number of nitrogens with zero attached hydrogens (tertiary/aromatic N) is 1. The molecule has 0 heterocycles. The zero-order chi connectivity index (χ0) is 25.8. The normalized spacial score (nSPS) is 12.1. The molecule has 1 atom stereocenters. The molecule has 0 unspecified atom stereocenters. The number of esters is 1. The van der Waals surface area contributed by atoms with Gasteiger partial charge in [-0.05, 0) is 72.9 Å². The highest BCUT2D eigenvalue weighted by Crippen LogP contribution is 2.13. The molecule has 190 valence electrons. The Morgan fingerprint density at radius 3 is 1.88 bits per heavy atom. The molecule has 2 amide bonds. The molecule has 0 spiro atoms. The molecular weight excluding hydrogens is 440 g/mol. The summed E-state index contributed by atoms with van der Waals surface area (Å²) in [5.41, 5.74) is -0.604. The van der Waals surface area contributed by atoms with Crippen LogP contribution in [0.1, 0.15) is 60.8 Å². The van der Waals surface area contributed by atoms with Crippen molar-refractivity contribution in [2.75, 3.05) is 19.0 Å². The first-order chi connectivity index (χ1) is 15.8. The number of nitrogens with one attached hydrogen (secondary N) is 3. The fraction of sp³-hybridized carbons (Fsp3) is 0.583. The van der Waals surface area contributed by atoms with Gasteiger partial charge in [0.25, 0.3) is 0 Å². The van der Waals surface area contributed by atoms with Gasteiger partial charge in [-0.1, -0.05) is 18.2 Å². The smallest absolute Gasteiger partial charge is 0.414 e. The van der Waals surface area contributed by atoms with Crippen LogP contribution < -0.4 is 16.0 Å². The minimum Gasteiger partial charge on any atom is -0.467 e. The van der Waals surface area contributed by atoms with Crippen LogP contribution in [0, 0.1) is 0 Å². The van der Waals surface area contributed by atoms with E-state index >= 15 is 0 Å². The maximum absolute atomic E-state index is 12.1. The van der Waals surface area contributed by atoms with Gasteiger partial charge in [0.2, 0.25) is 5.96 Å². The van der Waals surface area contributed by atoms with Crippen molar-refractivity contribution in [3.05, 3.63) is 30.3 Å². The summed E-state index contributed by atoms with van der Waals surface area (Å²) in [5.74, 6) is -0.429. The summed E-state index contributed by atoms with van der Waals surface area (Å²) in [6.45, 7) is 10.7. The van der Waals surface area contributed by atoms with Gasteiger partial charge in [0.15, 0.2) is 0 Å². The van der Waals surface area contributed by atoms with Crippen molar-refractivity contribution in [2.24, 2.45) is 4.99 Å². The fourth-order valence-corrected chi connectivity index (χ4v) is 2.69. The molecule has 0 aliphatic rings. The topological polar surface area (TPSA) is 127 Å². The molecule has 1 aromatic rings. The Bertz CT molecular complexity index is 796. The summed E-state index contributed by atoms with van der Waals surface area (Å²) in [6.07, 6.45) is 0.264. The van der Waals surface area contributed by atoms with E-state index in [1.165, 1.54) is 7.11 Å². The lowest BCUT2D eigenvalue weighted by Crippen LogP contribution is -2.47. The second kappa shape index (κ2) is 13.4. The third kappa shape index (κ3) is 13.3. The molecule has 3 N–H and O–H groups in total. The highest BCUT2D eigenvalue weighted by molar-refractivity contribution is 6.01. The fourth-order valence-electron chi connectivity index (χ4n) is 2.69. The number of alkyl carbamates (subject to hydrolysis) is 2. The van der Waals surface area contributed by atoms with E-state index in [9.17, 15) is 14.4 Å². The number of carbonyl (C=O) groups is 3. The molecular formula is C24H38N4O6. The molecule has 0 aliphatic carbocycles. The number of hydrogen-bond acceptors (Lipinski definition) is 8. The highest BCUT2D eigenvalue weighted by Gasteiger charge is 2.21. The van der Waals surface area contributed by atoms with Gasteiger partial charge in [0.1, 0.15) is 17.2 Å². The summed E-state index contributed by atoms with van der Waals surface area (Å²) in [6, 6.07) is 8.89. The molecule has 0 radical (unpaired) electrons. The van der Waals surface area contributed by atoms with Crippen molar-refractivity contribution < 1.29 is 28.6 Å².